The molecule has 1 fully saturated rings. The van der Waals surface area contributed by atoms with Gasteiger partial charge < -0.3 is 10.1 Å². The van der Waals surface area contributed by atoms with Crippen LogP contribution in [-0.2, 0) is 14.3 Å². The number of nitrogens with one attached hydrogen (secondary N) is 1. The van der Waals surface area contributed by atoms with Gasteiger partial charge in [-0.25, -0.2) is 0 Å². The molecule has 1 saturated heterocycles. The summed E-state index contributed by atoms with van der Waals surface area (Å²) in [6, 6.07) is 9.70. The minimum atomic E-state index is -1.77. The summed E-state index contributed by atoms with van der Waals surface area (Å²) >= 11 is 0. The minimum Gasteiger partial charge on any atom is -0.468 e. The molecule has 0 radical (unpaired) electrons. The van der Waals surface area contributed by atoms with Crippen LogP contribution in [0.15, 0.2) is 49.1 Å². The Balaban J connectivity index is 2.26. The number of nitriles is 2. The van der Waals surface area contributed by atoms with Crippen LogP contribution in [-0.4, -0.2) is 29.0 Å². The van der Waals surface area contributed by atoms with Crippen molar-refractivity contribution in [3.63, 3.8) is 0 Å². The monoisotopic (exact) mass is 361 g/mol. The highest BCUT2D eigenvalue weighted by Gasteiger charge is 2.60. The predicted octanol–water partition coefficient (Wildman–Crippen LogP) is 1.25. The van der Waals surface area contributed by atoms with Crippen LogP contribution in [0.2, 0.25) is 0 Å². The maximum Gasteiger partial charge on any atom is 0.318 e. The van der Waals surface area contributed by atoms with E-state index >= 15 is 0 Å². The van der Waals surface area contributed by atoms with Gasteiger partial charge in [-0.05, 0) is 23.3 Å². The van der Waals surface area contributed by atoms with Crippen LogP contribution < -0.4 is 5.32 Å². The number of methoxy groups -OCH3 is 1. The third kappa shape index (κ3) is 2.87. The Bertz CT molecular complexity index is 919. The Morgan fingerprint density at radius 3 is 2.22 bits per heavy atom. The number of amides is 1. The van der Waals surface area contributed by atoms with E-state index in [4.69, 9.17) is 4.74 Å². The number of aromatic nitrogens is 2. The summed E-state index contributed by atoms with van der Waals surface area (Å²) < 4.78 is 4.78. The molecule has 3 atom stereocenters. The van der Waals surface area contributed by atoms with Gasteiger partial charge in [-0.3, -0.25) is 19.6 Å². The normalized spacial score (nSPS) is 23.4. The van der Waals surface area contributed by atoms with Crippen molar-refractivity contribution in [2.24, 2.45) is 11.3 Å². The van der Waals surface area contributed by atoms with Crippen molar-refractivity contribution >= 4 is 11.9 Å². The summed E-state index contributed by atoms with van der Waals surface area (Å²) in [5, 5.41) is 22.7. The second kappa shape index (κ2) is 7.22. The first-order chi connectivity index (χ1) is 13.1. The number of hydrogen-bond acceptors (Lipinski definition) is 7. The minimum absolute atomic E-state index is 0.430. The second-order valence-electron chi connectivity index (χ2n) is 6.09. The molecule has 0 bridgehead atoms. The van der Waals surface area contributed by atoms with E-state index in [-0.39, 0.29) is 0 Å². The largest absolute Gasteiger partial charge is 0.468 e. The van der Waals surface area contributed by atoms with E-state index in [2.05, 4.69) is 27.4 Å². The van der Waals surface area contributed by atoms with Crippen LogP contribution in [0.4, 0.5) is 0 Å². The topological polar surface area (TPSA) is 129 Å². The highest BCUT2D eigenvalue weighted by molar-refractivity contribution is 6.00. The molecular weight excluding hydrogens is 346 g/mol. The van der Waals surface area contributed by atoms with Gasteiger partial charge in [0.15, 0.2) is 5.41 Å². The summed E-state index contributed by atoms with van der Waals surface area (Å²) in [7, 11) is 1.16. The fourth-order valence-electron chi connectivity index (χ4n) is 3.51. The number of pyridine rings is 2. The zero-order valence-corrected chi connectivity index (χ0v) is 14.4. The Hall–Kier alpha value is -3.78. The zero-order chi connectivity index (χ0) is 19.4. The van der Waals surface area contributed by atoms with Crippen molar-refractivity contribution in [3.8, 4) is 12.1 Å². The zero-order valence-electron chi connectivity index (χ0n) is 14.4. The van der Waals surface area contributed by atoms with Gasteiger partial charge in [0.1, 0.15) is 5.92 Å². The van der Waals surface area contributed by atoms with E-state index in [1.54, 1.807) is 30.5 Å². The van der Waals surface area contributed by atoms with Gasteiger partial charge >= 0.3 is 5.97 Å². The van der Waals surface area contributed by atoms with Gasteiger partial charge in [-0.1, -0.05) is 12.1 Å². The molecule has 1 aliphatic rings. The van der Waals surface area contributed by atoms with E-state index in [1.807, 2.05) is 0 Å². The third-order valence-corrected chi connectivity index (χ3v) is 4.73. The average molecular weight is 361 g/mol. The molecule has 8 heteroatoms. The second-order valence-corrected chi connectivity index (χ2v) is 6.09. The number of nitrogens with zero attached hydrogens (tertiary/aromatic N) is 4. The molecule has 3 heterocycles. The van der Waals surface area contributed by atoms with Crippen molar-refractivity contribution in [1.82, 2.24) is 15.3 Å². The van der Waals surface area contributed by atoms with E-state index in [1.165, 1.54) is 18.6 Å². The van der Waals surface area contributed by atoms with E-state index in [0.29, 0.717) is 11.1 Å². The van der Waals surface area contributed by atoms with Crippen LogP contribution >= 0.6 is 0 Å². The van der Waals surface area contributed by atoms with Gasteiger partial charge in [-0.15, -0.1) is 0 Å². The lowest BCUT2D eigenvalue weighted by Gasteiger charge is -2.43. The third-order valence-electron chi connectivity index (χ3n) is 4.73. The molecule has 3 rings (SSSR count). The lowest BCUT2D eigenvalue weighted by Crippen LogP contribution is -2.56. The molecule has 134 valence electrons. The maximum absolute atomic E-state index is 12.8. The van der Waals surface area contributed by atoms with Crippen LogP contribution in [0.1, 0.15) is 23.1 Å². The first-order valence-corrected chi connectivity index (χ1v) is 8.09. The standard InChI is InChI=1S/C19H15N5O3/c1-27-18(26)14-15(12-4-2-6-22-8-12)19(10-20,11-21)16(24-17(14)25)13-5-3-7-23-9-13/h2-9,14-16H,1H3,(H,24,25). The van der Waals surface area contributed by atoms with E-state index in [9.17, 15) is 20.1 Å². The fourth-order valence-corrected chi connectivity index (χ4v) is 3.51. The number of ether oxygens (including phenoxy) is 1. The smallest absolute Gasteiger partial charge is 0.318 e. The number of esters is 1. The van der Waals surface area contributed by atoms with E-state index < -0.39 is 35.2 Å². The average Bonchev–Trinajstić information content (AvgIpc) is 2.73. The number of piperidine rings is 1. The van der Waals surface area contributed by atoms with Gasteiger partial charge in [0.2, 0.25) is 5.91 Å². The lowest BCUT2D eigenvalue weighted by molar-refractivity contribution is -0.154. The molecule has 8 nitrogen and oxygen atoms in total. The predicted molar refractivity (Wildman–Crippen MR) is 91.3 cm³/mol. The highest BCUT2D eigenvalue weighted by atomic mass is 16.5. The lowest BCUT2D eigenvalue weighted by atomic mass is 9.60. The summed E-state index contributed by atoms with van der Waals surface area (Å²) in [6.45, 7) is 0. The van der Waals surface area contributed by atoms with Crippen LogP contribution in [0.3, 0.4) is 0 Å². The number of carbonyl (C=O) groups is 2. The van der Waals surface area contributed by atoms with Crippen molar-refractivity contribution in [3.05, 3.63) is 60.2 Å². The van der Waals surface area contributed by atoms with Crippen LogP contribution in [0.5, 0.6) is 0 Å². The quantitative estimate of drug-likeness (QED) is 0.643. The molecular formula is C19H15N5O3. The van der Waals surface area contributed by atoms with Gasteiger partial charge in [0.25, 0.3) is 0 Å². The fraction of sp³-hybridized carbons (Fsp3) is 0.263. The Kier molecular flexibility index (Phi) is 4.82. The van der Waals surface area contributed by atoms with E-state index in [0.717, 1.165) is 7.11 Å². The molecule has 1 aliphatic heterocycles. The van der Waals surface area contributed by atoms with Gasteiger partial charge in [0, 0.05) is 30.7 Å². The summed E-state index contributed by atoms with van der Waals surface area (Å²) in [6.07, 6.45) is 6.00. The summed E-state index contributed by atoms with van der Waals surface area (Å²) in [4.78, 5) is 33.2. The SMILES string of the molecule is COC(=O)C1C(=O)NC(c2cccnc2)C(C#N)(C#N)C1c1cccnc1. The molecule has 0 spiro atoms. The van der Waals surface area contributed by atoms with Gasteiger partial charge in [-0.2, -0.15) is 10.5 Å². The Labute approximate surface area is 155 Å². The first kappa shape index (κ1) is 18.0. The molecule has 0 saturated carbocycles. The van der Waals surface area contributed by atoms with Crippen LogP contribution in [0, 0.1) is 34.0 Å². The van der Waals surface area contributed by atoms with Crippen molar-refractivity contribution in [2.75, 3.05) is 7.11 Å². The maximum atomic E-state index is 12.8. The van der Waals surface area contributed by atoms with Crippen molar-refractivity contribution in [1.29, 1.82) is 10.5 Å². The number of carbonyl (C=O) groups excluding carboxylic acids is 2. The number of hydrogen-bond donors (Lipinski definition) is 1. The molecule has 2 aromatic heterocycles. The molecule has 0 aromatic carbocycles. The first-order valence-electron chi connectivity index (χ1n) is 8.09. The molecule has 2 aromatic rings. The summed E-state index contributed by atoms with van der Waals surface area (Å²) in [5.74, 6) is -3.86. The molecule has 3 unspecified atom stereocenters. The Morgan fingerprint density at radius 1 is 1.15 bits per heavy atom. The van der Waals surface area contributed by atoms with Crippen LogP contribution in [0.25, 0.3) is 0 Å². The molecule has 0 aliphatic carbocycles. The molecule has 27 heavy (non-hydrogen) atoms. The number of rotatable bonds is 3. The Morgan fingerprint density at radius 2 is 1.74 bits per heavy atom. The molecule has 1 N–H and O–H groups in total. The summed E-state index contributed by atoms with van der Waals surface area (Å²) in [5.41, 5.74) is -0.843. The van der Waals surface area contributed by atoms with Gasteiger partial charge in [0.05, 0.1) is 25.3 Å². The van der Waals surface area contributed by atoms with Crippen molar-refractivity contribution in [2.45, 2.75) is 12.0 Å². The molecule has 1 amide bonds. The highest BCUT2D eigenvalue weighted by Crippen LogP contribution is 2.52. The van der Waals surface area contributed by atoms with Crippen molar-refractivity contribution < 1.29 is 14.3 Å².